The van der Waals surface area contributed by atoms with Crippen molar-refractivity contribution in [1.29, 1.82) is 0 Å². The molecule has 0 N–H and O–H groups in total. The highest BCUT2D eigenvalue weighted by Crippen LogP contribution is 2.24. The van der Waals surface area contributed by atoms with Crippen LogP contribution in [0.4, 0.5) is 5.69 Å². The van der Waals surface area contributed by atoms with Gasteiger partial charge < -0.3 is 4.74 Å². The zero-order chi connectivity index (χ0) is 13.0. The quantitative estimate of drug-likeness (QED) is 0.359. The number of benzene rings is 1. The van der Waals surface area contributed by atoms with Crippen LogP contribution in [0.3, 0.4) is 0 Å². The molecule has 0 radical (unpaired) electrons. The van der Waals surface area contributed by atoms with Gasteiger partial charge in [-0.2, -0.15) is 0 Å². The molecule has 0 atom stereocenters. The summed E-state index contributed by atoms with van der Waals surface area (Å²) in [4.78, 5) is 21.5. The fourth-order valence-electron chi connectivity index (χ4n) is 1.51. The lowest BCUT2D eigenvalue weighted by Crippen LogP contribution is -2.07. The van der Waals surface area contributed by atoms with Gasteiger partial charge in [0.25, 0.3) is 5.69 Å². The number of nitro groups is 1. The molecule has 0 aliphatic rings. The normalized spacial score (nSPS) is 10.1. The molecule has 6 heteroatoms. The van der Waals surface area contributed by atoms with Crippen molar-refractivity contribution in [3.8, 4) is 0 Å². The maximum atomic E-state index is 11.2. The number of rotatable bonds is 4. The summed E-state index contributed by atoms with van der Waals surface area (Å²) in [5.74, 6) is -0.250. The predicted molar refractivity (Wildman–Crippen MR) is 63.1 cm³/mol. The minimum Gasteiger partial charge on any atom is -0.469 e. The highest BCUT2D eigenvalue weighted by Gasteiger charge is 2.16. The summed E-state index contributed by atoms with van der Waals surface area (Å²) in [6.45, 7) is 1.64. The Bertz CT molecular complexity index is 459. The Morgan fingerprint density at radius 1 is 1.47 bits per heavy atom. The second kappa shape index (κ2) is 5.63. The molecule has 0 aliphatic carbocycles. The van der Waals surface area contributed by atoms with Crippen LogP contribution in [0.25, 0.3) is 0 Å². The molecule has 0 bridgehead atoms. The van der Waals surface area contributed by atoms with Crippen LogP contribution >= 0.6 is 11.6 Å². The minimum atomic E-state index is -0.478. The molecule has 0 amide bonds. The highest BCUT2D eigenvalue weighted by atomic mass is 35.5. The van der Waals surface area contributed by atoms with Crippen molar-refractivity contribution in [2.24, 2.45) is 0 Å². The van der Waals surface area contributed by atoms with Crippen LogP contribution in [0.5, 0.6) is 0 Å². The Morgan fingerprint density at radius 2 is 2.12 bits per heavy atom. The lowest BCUT2D eigenvalue weighted by atomic mass is 10.0. The number of ether oxygens (including phenoxy) is 1. The van der Waals surface area contributed by atoms with Crippen LogP contribution in [0.1, 0.15) is 16.7 Å². The van der Waals surface area contributed by atoms with E-state index < -0.39 is 10.9 Å². The number of nitrogens with zero attached hydrogens (tertiary/aromatic N) is 1. The van der Waals surface area contributed by atoms with E-state index in [0.717, 1.165) is 0 Å². The SMILES string of the molecule is COC(=O)Cc1cc([N+](=O)[O-])c(C)cc1CCl. The van der Waals surface area contributed by atoms with E-state index in [4.69, 9.17) is 11.6 Å². The predicted octanol–water partition coefficient (Wildman–Crippen LogP) is 2.36. The van der Waals surface area contributed by atoms with Gasteiger partial charge in [-0.15, -0.1) is 11.6 Å². The van der Waals surface area contributed by atoms with Gasteiger partial charge in [-0.05, 0) is 24.1 Å². The summed E-state index contributed by atoms with van der Waals surface area (Å²) in [5, 5.41) is 10.8. The van der Waals surface area contributed by atoms with Crippen molar-refractivity contribution >= 4 is 23.3 Å². The minimum absolute atomic E-state index is 0.0142. The first kappa shape index (κ1) is 13.4. The van der Waals surface area contributed by atoms with Crippen LogP contribution in [0, 0.1) is 17.0 Å². The molecule has 17 heavy (non-hydrogen) atoms. The smallest absolute Gasteiger partial charge is 0.309 e. The first-order valence-corrected chi connectivity index (χ1v) is 5.42. The Labute approximate surface area is 103 Å². The summed E-state index contributed by atoms with van der Waals surface area (Å²) in [6, 6.07) is 3.01. The van der Waals surface area contributed by atoms with Gasteiger partial charge in [-0.1, -0.05) is 0 Å². The van der Waals surface area contributed by atoms with E-state index in [9.17, 15) is 14.9 Å². The van der Waals surface area contributed by atoms with Gasteiger partial charge in [0.2, 0.25) is 0 Å². The number of methoxy groups -OCH3 is 1. The van der Waals surface area contributed by atoms with Crippen LogP contribution in [0.2, 0.25) is 0 Å². The van der Waals surface area contributed by atoms with Crippen molar-refractivity contribution < 1.29 is 14.5 Å². The number of aryl methyl sites for hydroxylation is 1. The van der Waals surface area contributed by atoms with E-state index in [2.05, 4.69) is 4.74 Å². The molecule has 0 aliphatic heterocycles. The van der Waals surface area contributed by atoms with Crippen LogP contribution in [-0.2, 0) is 21.8 Å². The summed E-state index contributed by atoms with van der Waals surface area (Å²) in [6.07, 6.45) is -0.0142. The molecular formula is C11H12ClNO4. The fraction of sp³-hybridized carbons (Fsp3) is 0.364. The van der Waals surface area contributed by atoms with Crippen LogP contribution in [0.15, 0.2) is 12.1 Å². The van der Waals surface area contributed by atoms with Crippen LogP contribution < -0.4 is 0 Å². The molecule has 0 saturated carbocycles. The first-order valence-electron chi connectivity index (χ1n) is 4.89. The standard InChI is InChI=1S/C11H12ClNO4/c1-7-3-9(6-12)8(5-11(14)17-2)4-10(7)13(15)16/h3-4H,5-6H2,1-2H3. The van der Waals surface area contributed by atoms with Gasteiger partial charge in [0.1, 0.15) is 0 Å². The van der Waals surface area contributed by atoms with E-state index in [0.29, 0.717) is 16.7 Å². The monoisotopic (exact) mass is 257 g/mol. The van der Waals surface area contributed by atoms with Gasteiger partial charge >= 0.3 is 5.97 Å². The Hall–Kier alpha value is -1.62. The molecule has 0 aromatic heterocycles. The lowest BCUT2D eigenvalue weighted by molar-refractivity contribution is -0.385. The number of hydrogen-bond acceptors (Lipinski definition) is 4. The molecule has 5 nitrogen and oxygen atoms in total. The molecular weight excluding hydrogens is 246 g/mol. The van der Waals surface area contributed by atoms with E-state index >= 15 is 0 Å². The summed E-state index contributed by atoms with van der Waals surface area (Å²) in [7, 11) is 1.27. The number of carbonyl (C=O) groups excluding carboxylic acids is 1. The van der Waals surface area contributed by atoms with Crippen molar-refractivity contribution in [3.63, 3.8) is 0 Å². The van der Waals surface area contributed by atoms with E-state index in [1.165, 1.54) is 13.2 Å². The average molecular weight is 258 g/mol. The molecule has 0 saturated heterocycles. The third-order valence-electron chi connectivity index (χ3n) is 2.42. The number of carbonyl (C=O) groups is 1. The number of alkyl halides is 1. The molecule has 0 heterocycles. The summed E-state index contributed by atoms with van der Waals surface area (Å²) in [5.41, 5.74) is 1.75. The lowest BCUT2D eigenvalue weighted by Gasteiger charge is -2.08. The van der Waals surface area contributed by atoms with E-state index in [-0.39, 0.29) is 18.0 Å². The second-order valence-electron chi connectivity index (χ2n) is 3.55. The molecule has 1 aromatic rings. The number of halogens is 1. The fourth-order valence-corrected chi connectivity index (χ4v) is 1.76. The molecule has 0 spiro atoms. The zero-order valence-corrected chi connectivity index (χ0v) is 10.3. The maximum absolute atomic E-state index is 11.2. The third-order valence-corrected chi connectivity index (χ3v) is 2.71. The van der Waals surface area contributed by atoms with E-state index in [1.807, 2.05) is 0 Å². The number of nitro benzene ring substituents is 1. The summed E-state index contributed by atoms with van der Waals surface area (Å²) >= 11 is 5.74. The van der Waals surface area contributed by atoms with Gasteiger partial charge in [-0.25, -0.2) is 0 Å². The molecule has 0 fully saturated rings. The van der Waals surface area contributed by atoms with Crippen molar-refractivity contribution in [2.75, 3.05) is 7.11 Å². The van der Waals surface area contributed by atoms with Gasteiger partial charge in [-0.3, -0.25) is 14.9 Å². The number of esters is 1. The van der Waals surface area contributed by atoms with Gasteiger partial charge in [0, 0.05) is 17.5 Å². The van der Waals surface area contributed by atoms with E-state index in [1.54, 1.807) is 13.0 Å². The largest absolute Gasteiger partial charge is 0.469 e. The first-order chi connectivity index (χ1) is 7.99. The zero-order valence-electron chi connectivity index (χ0n) is 9.53. The summed E-state index contributed by atoms with van der Waals surface area (Å²) < 4.78 is 4.53. The molecule has 92 valence electrons. The van der Waals surface area contributed by atoms with Gasteiger partial charge in [0.15, 0.2) is 0 Å². The third kappa shape index (κ3) is 3.17. The Balaban J connectivity index is 3.21. The molecule has 1 rings (SSSR count). The molecule has 1 aromatic carbocycles. The Kier molecular flexibility index (Phi) is 4.45. The average Bonchev–Trinajstić information content (AvgIpc) is 2.30. The number of hydrogen-bond donors (Lipinski definition) is 0. The Morgan fingerprint density at radius 3 is 2.59 bits per heavy atom. The van der Waals surface area contributed by atoms with Crippen molar-refractivity contribution in [1.82, 2.24) is 0 Å². The highest BCUT2D eigenvalue weighted by molar-refractivity contribution is 6.17. The van der Waals surface area contributed by atoms with Gasteiger partial charge in [0.05, 0.1) is 18.5 Å². The van der Waals surface area contributed by atoms with Crippen molar-refractivity contribution in [2.45, 2.75) is 19.2 Å². The van der Waals surface area contributed by atoms with Crippen LogP contribution in [-0.4, -0.2) is 18.0 Å². The molecule has 0 unspecified atom stereocenters. The second-order valence-corrected chi connectivity index (χ2v) is 3.82. The maximum Gasteiger partial charge on any atom is 0.309 e. The topological polar surface area (TPSA) is 69.4 Å². The van der Waals surface area contributed by atoms with Crippen molar-refractivity contribution in [3.05, 3.63) is 38.9 Å².